The van der Waals surface area contributed by atoms with Crippen molar-refractivity contribution in [2.45, 2.75) is 37.5 Å². The van der Waals surface area contributed by atoms with E-state index in [2.05, 4.69) is 68.4 Å². The van der Waals surface area contributed by atoms with Crippen molar-refractivity contribution >= 4 is 38.4 Å². The van der Waals surface area contributed by atoms with Crippen LogP contribution in [0.15, 0.2) is 83.8 Å². The van der Waals surface area contributed by atoms with Gasteiger partial charge in [-0.25, -0.2) is 18.1 Å². The molecule has 0 bridgehead atoms. The van der Waals surface area contributed by atoms with E-state index >= 15 is 0 Å². The Morgan fingerprint density at radius 1 is 0.738 bits per heavy atom. The van der Waals surface area contributed by atoms with Gasteiger partial charge in [-0.3, -0.25) is 0 Å². The Labute approximate surface area is 249 Å². The van der Waals surface area contributed by atoms with Crippen LogP contribution in [-0.4, -0.2) is 57.7 Å². The maximum Gasteiger partial charge on any atom is 0.240 e. The fraction of sp³-hybridized carbons (Fsp3) is 0.394. The second kappa shape index (κ2) is 12.7. The molecule has 2 heterocycles. The molecule has 1 aromatic heterocycles. The molecule has 0 amide bonds. The van der Waals surface area contributed by atoms with Crippen LogP contribution in [0.25, 0.3) is 10.9 Å². The van der Waals surface area contributed by atoms with Gasteiger partial charge in [-0.15, -0.1) is 0 Å². The van der Waals surface area contributed by atoms with E-state index in [4.69, 9.17) is 9.97 Å². The highest BCUT2D eigenvalue weighted by Gasteiger charge is 2.25. The van der Waals surface area contributed by atoms with Gasteiger partial charge in [0, 0.05) is 50.3 Å². The SMILES string of the molecule is Cc1ccc(S(=O)(=O)NCC2CCC(CNc3nc(N4CCN(c5ccccc5)CC4)c4ccccc4n3)CC2)cc1. The normalized spacial score (nSPS) is 19.6. The molecule has 0 atom stereocenters. The van der Waals surface area contributed by atoms with Crippen LogP contribution in [0.2, 0.25) is 0 Å². The number of fused-ring (bicyclic) bond motifs is 1. The van der Waals surface area contributed by atoms with Crippen LogP contribution in [0.3, 0.4) is 0 Å². The minimum Gasteiger partial charge on any atom is -0.368 e. The molecule has 4 aromatic rings. The molecular weight excluding hydrogens is 544 g/mol. The molecule has 3 aromatic carbocycles. The molecular formula is C33H40N6O2S. The third-order valence-corrected chi connectivity index (χ3v) is 10.1. The average molecular weight is 585 g/mol. The summed E-state index contributed by atoms with van der Waals surface area (Å²) in [7, 11) is -3.47. The lowest BCUT2D eigenvalue weighted by molar-refractivity contribution is 0.284. The van der Waals surface area contributed by atoms with E-state index < -0.39 is 10.0 Å². The molecule has 42 heavy (non-hydrogen) atoms. The fourth-order valence-electron chi connectivity index (χ4n) is 6.10. The van der Waals surface area contributed by atoms with Crippen LogP contribution in [0.4, 0.5) is 17.5 Å². The summed E-state index contributed by atoms with van der Waals surface area (Å²) in [6, 6.07) is 25.9. The lowest BCUT2D eigenvalue weighted by Crippen LogP contribution is -2.47. The zero-order valence-corrected chi connectivity index (χ0v) is 25.1. The third kappa shape index (κ3) is 6.68. The summed E-state index contributed by atoms with van der Waals surface area (Å²) in [5.41, 5.74) is 3.28. The van der Waals surface area contributed by atoms with Crippen LogP contribution in [0.1, 0.15) is 31.2 Å². The second-order valence-corrected chi connectivity index (χ2v) is 13.4. The molecule has 220 valence electrons. The molecule has 1 aliphatic carbocycles. The molecule has 2 fully saturated rings. The first-order chi connectivity index (χ1) is 20.4. The third-order valence-electron chi connectivity index (χ3n) is 8.69. The minimum atomic E-state index is -3.47. The van der Waals surface area contributed by atoms with E-state index in [1.54, 1.807) is 12.1 Å². The Morgan fingerprint density at radius 3 is 2.07 bits per heavy atom. The number of aromatic nitrogens is 2. The second-order valence-electron chi connectivity index (χ2n) is 11.6. The summed E-state index contributed by atoms with van der Waals surface area (Å²) in [5.74, 6) is 2.56. The van der Waals surface area contributed by atoms with E-state index in [1.165, 1.54) is 5.69 Å². The highest BCUT2D eigenvalue weighted by atomic mass is 32.2. The van der Waals surface area contributed by atoms with Crippen molar-refractivity contribution in [1.82, 2.24) is 14.7 Å². The quantitative estimate of drug-likeness (QED) is 0.270. The summed E-state index contributed by atoms with van der Waals surface area (Å²) in [6.07, 6.45) is 4.15. The number of sulfonamides is 1. The van der Waals surface area contributed by atoms with Gasteiger partial charge in [-0.1, -0.05) is 48.0 Å². The Kier molecular flexibility index (Phi) is 8.58. The van der Waals surface area contributed by atoms with Crippen molar-refractivity contribution in [2.24, 2.45) is 11.8 Å². The molecule has 0 radical (unpaired) electrons. The lowest BCUT2D eigenvalue weighted by atomic mass is 9.82. The topological polar surface area (TPSA) is 90.5 Å². The Bertz CT molecular complexity index is 1580. The summed E-state index contributed by atoms with van der Waals surface area (Å²) < 4.78 is 28.2. The fourth-order valence-corrected chi connectivity index (χ4v) is 7.22. The van der Waals surface area contributed by atoms with Gasteiger partial charge in [0.15, 0.2) is 0 Å². The lowest BCUT2D eigenvalue weighted by Gasteiger charge is -2.37. The predicted molar refractivity (Wildman–Crippen MR) is 171 cm³/mol. The largest absolute Gasteiger partial charge is 0.368 e. The Balaban J connectivity index is 1.03. The number of hydrogen-bond acceptors (Lipinski definition) is 7. The van der Waals surface area contributed by atoms with Crippen LogP contribution in [0, 0.1) is 18.8 Å². The molecule has 0 spiro atoms. The van der Waals surface area contributed by atoms with Gasteiger partial charge in [-0.05, 0) is 80.8 Å². The molecule has 2 N–H and O–H groups in total. The molecule has 2 aliphatic rings. The monoisotopic (exact) mass is 584 g/mol. The van der Waals surface area contributed by atoms with Crippen LogP contribution < -0.4 is 19.8 Å². The van der Waals surface area contributed by atoms with Crippen LogP contribution in [-0.2, 0) is 10.0 Å². The van der Waals surface area contributed by atoms with E-state index in [0.29, 0.717) is 29.2 Å². The number of para-hydroxylation sites is 2. The zero-order chi connectivity index (χ0) is 28.9. The van der Waals surface area contributed by atoms with Gasteiger partial charge in [0.05, 0.1) is 10.4 Å². The first-order valence-corrected chi connectivity index (χ1v) is 16.5. The highest BCUT2D eigenvalue weighted by molar-refractivity contribution is 7.89. The predicted octanol–water partition coefficient (Wildman–Crippen LogP) is 5.46. The van der Waals surface area contributed by atoms with Gasteiger partial charge in [0.1, 0.15) is 5.82 Å². The Morgan fingerprint density at radius 2 is 1.36 bits per heavy atom. The molecule has 9 heteroatoms. The van der Waals surface area contributed by atoms with Crippen molar-refractivity contribution in [2.75, 3.05) is 54.4 Å². The van der Waals surface area contributed by atoms with Crippen molar-refractivity contribution < 1.29 is 8.42 Å². The van der Waals surface area contributed by atoms with Crippen molar-refractivity contribution in [1.29, 1.82) is 0 Å². The van der Waals surface area contributed by atoms with Gasteiger partial charge >= 0.3 is 0 Å². The summed E-state index contributed by atoms with van der Waals surface area (Å²) in [4.78, 5) is 15.0. The maximum atomic E-state index is 12.7. The van der Waals surface area contributed by atoms with Crippen LogP contribution >= 0.6 is 0 Å². The average Bonchev–Trinajstić information content (AvgIpc) is 3.03. The number of hydrogen-bond donors (Lipinski definition) is 2. The zero-order valence-electron chi connectivity index (χ0n) is 24.2. The van der Waals surface area contributed by atoms with E-state index in [-0.39, 0.29) is 0 Å². The molecule has 0 unspecified atom stereocenters. The maximum absolute atomic E-state index is 12.7. The molecule has 8 nitrogen and oxygen atoms in total. The molecule has 6 rings (SSSR count). The summed E-state index contributed by atoms with van der Waals surface area (Å²) in [5, 5.41) is 4.63. The minimum absolute atomic E-state index is 0.332. The molecule has 1 saturated heterocycles. The number of anilines is 3. The molecule has 1 saturated carbocycles. The number of piperazine rings is 1. The van der Waals surface area contributed by atoms with Crippen molar-refractivity contribution in [3.63, 3.8) is 0 Å². The van der Waals surface area contributed by atoms with Crippen LogP contribution in [0.5, 0.6) is 0 Å². The standard InChI is InChI=1S/C33H40N6O2S/c1-25-11-17-29(18-12-25)42(40,41)35-24-27-15-13-26(14-16-27)23-34-33-36-31-10-6-5-9-30(31)32(37-33)39-21-19-38(20-22-39)28-7-3-2-4-8-28/h2-12,17-18,26-27,35H,13-16,19-24H2,1H3,(H,34,36,37). The van der Waals surface area contributed by atoms with Crippen molar-refractivity contribution in [3.8, 4) is 0 Å². The van der Waals surface area contributed by atoms with Gasteiger partial charge in [0.2, 0.25) is 16.0 Å². The number of nitrogens with zero attached hydrogens (tertiary/aromatic N) is 4. The van der Waals surface area contributed by atoms with Gasteiger partial charge in [-0.2, -0.15) is 4.98 Å². The number of nitrogens with one attached hydrogen (secondary N) is 2. The van der Waals surface area contributed by atoms with E-state index in [9.17, 15) is 8.42 Å². The van der Waals surface area contributed by atoms with Crippen molar-refractivity contribution in [3.05, 3.63) is 84.4 Å². The van der Waals surface area contributed by atoms with E-state index in [1.807, 2.05) is 25.1 Å². The Hall–Kier alpha value is -3.69. The van der Waals surface area contributed by atoms with Gasteiger partial charge in [0.25, 0.3) is 0 Å². The van der Waals surface area contributed by atoms with E-state index in [0.717, 1.165) is 80.7 Å². The number of benzene rings is 3. The van der Waals surface area contributed by atoms with Gasteiger partial charge < -0.3 is 15.1 Å². The smallest absolute Gasteiger partial charge is 0.240 e. The first kappa shape index (κ1) is 28.4. The highest BCUT2D eigenvalue weighted by Crippen LogP contribution is 2.30. The molecule has 1 aliphatic heterocycles. The first-order valence-electron chi connectivity index (χ1n) is 15.1. The number of rotatable bonds is 9. The summed E-state index contributed by atoms with van der Waals surface area (Å²) >= 11 is 0. The summed E-state index contributed by atoms with van der Waals surface area (Å²) in [6.45, 7) is 6.99. The number of aryl methyl sites for hydroxylation is 1.